The van der Waals surface area contributed by atoms with E-state index in [1.807, 2.05) is 32.0 Å². The van der Waals surface area contributed by atoms with Gasteiger partial charge < -0.3 is 20.6 Å². The van der Waals surface area contributed by atoms with Crippen LogP contribution >= 0.6 is 11.3 Å². The number of hydrogen-bond acceptors (Lipinski definition) is 7. The van der Waals surface area contributed by atoms with Crippen molar-refractivity contribution in [2.24, 2.45) is 0 Å². The highest BCUT2D eigenvalue weighted by Crippen LogP contribution is 2.37. The van der Waals surface area contributed by atoms with E-state index in [4.69, 9.17) is 10.2 Å². The maximum Gasteiger partial charge on any atom is 0.193 e. The van der Waals surface area contributed by atoms with Gasteiger partial charge in [-0.05, 0) is 37.1 Å². The largest absolute Gasteiger partial charge is 0.508 e. The summed E-state index contributed by atoms with van der Waals surface area (Å²) in [5.74, 6) is 0.622. The quantitative estimate of drug-likeness (QED) is 0.482. The summed E-state index contributed by atoms with van der Waals surface area (Å²) in [6.07, 6.45) is 0. The Bertz CT molecular complexity index is 1210. The van der Waals surface area contributed by atoms with E-state index in [0.29, 0.717) is 26.7 Å². The van der Waals surface area contributed by atoms with E-state index in [2.05, 4.69) is 10.3 Å². The Morgan fingerprint density at radius 3 is 2.63 bits per heavy atom. The number of thiazole rings is 1. The number of aromatic hydroxyl groups is 1. The van der Waals surface area contributed by atoms with Gasteiger partial charge in [0.15, 0.2) is 16.3 Å². The van der Waals surface area contributed by atoms with Crippen LogP contribution in [0.3, 0.4) is 0 Å². The van der Waals surface area contributed by atoms with Crippen molar-refractivity contribution in [1.82, 2.24) is 4.98 Å². The van der Waals surface area contributed by atoms with Crippen molar-refractivity contribution < 1.29 is 9.52 Å². The second kappa shape index (κ2) is 6.44. The highest BCUT2D eigenvalue weighted by atomic mass is 32.1. The summed E-state index contributed by atoms with van der Waals surface area (Å²) < 4.78 is 5.80. The van der Waals surface area contributed by atoms with Crippen molar-refractivity contribution in [3.8, 4) is 16.4 Å². The van der Waals surface area contributed by atoms with Crippen LogP contribution in [0, 0.1) is 13.8 Å². The van der Waals surface area contributed by atoms with E-state index < -0.39 is 0 Å². The summed E-state index contributed by atoms with van der Waals surface area (Å²) in [4.78, 5) is 17.3. The fourth-order valence-electron chi connectivity index (χ4n) is 2.94. The molecule has 0 radical (unpaired) electrons. The molecule has 4 N–H and O–H groups in total. The van der Waals surface area contributed by atoms with E-state index in [-0.39, 0.29) is 17.0 Å². The lowest BCUT2D eigenvalue weighted by atomic mass is 10.1. The number of hydrogen-bond donors (Lipinski definition) is 3. The number of rotatable bonds is 3. The Morgan fingerprint density at radius 2 is 1.89 bits per heavy atom. The number of aromatic nitrogens is 1. The van der Waals surface area contributed by atoms with E-state index in [0.717, 1.165) is 16.8 Å². The minimum Gasteiger partial charge on any atom is -0.508 e. The molecule has 2 aromatic carbocycles. The summed E-state index contributed by atoms with van der Waals surface area (Å²) in [7, 11) is 0. The van der Waals surface area contributed by atoms with Crippen LogP contribution in [0.1, 0.15) is 11.1 Å². The number of nitrogen functional groups attached to an aromatic ring is 1. The zero-order chi connectivity index (χ0) is 19.1. The average Bonchev–Trinajstić information content (AvgIpc) is 2.98. The molecule has 0 fully saturated rings. The lowest BCUT2D eigenvalue weighted by molar-refractivity contribution is 0.474. The van der Waals surface area contributed by atoms with Crippen molar-refractivity contribution >= 4 is 38.9 Å². The standard InChI is InChI=1S/C20H17N3O3S/c1-10-4-3-5-11(2)17(10)22-20-23-19(21)18(27-20)16-9-14(25)13-7-6-12(24)8-15(13)26-16/h3-9,24H,21H2,1-2H3,(H,22,23). The molecule has 4 rings (SSSR count). The average molecular weight is 379 g/mol. The van der Waals surface area contributed by atoms with Gasteiger partial charge in [-0.15, -0.1) is 0 Å². The zero-order valence-corrected chi connectivity index (χ0v) is 15.6. The van der Waals surface area contributed by atoms with Crippen molar-refractivity contribution in [2.45, 2.75) is 13.8 Å². The highest BCUT2D eigenvalue weighted by Gasteiger charge is 2.16. The first-order valence-electron chi connectivity index (χ1n) is 8.29. The number of phenolic OH excluding ortho intramolecular Hbond substituents is 1. The van der Waals surface area contributed by atoms with E-state index in [1.54, 1.807) is 0 Å². The molecule has 0 unspecified atom stereocenters. The van der Waals surface area contributed by atoms with Crippen molar-refractivity contribution in [3.63, 3.8) is 0 Å². The Morgan fingerprint density at radius 1 is 1.15 bits per heavy atom. The molecule has 7 heteroatoms. The molecule has 0 spiro atoms. The van der Waals surface area contributed by atoms with Gasteiger partial charge in [0.2, 0.25) is 0 Å². The second-order valence-corrected chi connectivity index (χ2v) is 7.28. The number of aryl methyl sites for hydroxylation is 2. The molecule has 136 valence electrons. The summed E-state index contributed by atoms with van der Waals surface area (Å²) in [5.41, 5.74) is 9.34. The minimum atomic E-state index is -0.205. The molecule has 6 nitrogen and oxygen atoms in total. The number of nitrogens with zero attached hydrogens (tertiary/aromatic N) is 1. The van der Waals surface area contributed by atoms with E-state index in [1.165, 1.54) is 35.6 Å². The van der Waals surface area contributed by atoms with Crippen LogP contribution in [0.15, 0.2) is 51.7 Å². The first kappa shape index (κ1) is 17.1. The first-order chi connectivity index (χ1) is 12.9. The molecule has 0 bridgehead atoms. The number of benzene rings is 2. The molecule has 0 aliphatic heterocycles. The molecule has 4 aromatic rings. The van der Waals surface area contributed by atoms with Crippen molar-refractivity contribution in [2.75, 3.05) is 11.1 Å². The van der Waals surface area contributed by atoms with Crippen LogP contribution in [0.2, 0.25) is 0 Å². The number of nitrogens with one attached hydrogen (secondary N) is 1. The van der Waals surface area contributed by atoms with E-state index in [9.17, 15) is 9.90 Å². The summed E-state index contributed by atoms with van der Waals surface area (Å²) in [6.45, 7) is 4.03. The second-order valence-electron chi connectivity index (χ2n) is 6.28. The van der Waals surface area contributed by atoms with Gasteiger partial charge in [-0.2, -0.15) is 0 Å². The maximum absolute atomic E-state index is 12.4. The van der Waals surface area contributed by atoms with Crippen LogP contribution in [0.4, 0.5) is 16.6 Å². The Hall–Kier alpha value is -3.32. The minimum absolute atomic E-state index is 0.0254. The summed E-state index contributed by atoms with van der Waals surface area (Å²) in [5, 5.41) is 14.0. The fourth-order valence-corrected chi connectivity index (χ4v) is 3.78. The fraction of sp³-hybridized carbons (Fsp3) is 0.100. The molecule has 27 heavy (non-hydrogen) atoms. The summed E-state index contributed by atoms with van der Waals surface area (Å²) in [6, 6.07) is 11.8. The lowest BCUT2D eigenvalue weighted by Gasteiger charge is -2.09. The third-order valence-electron chi connectivity index (χ3n) is 4.30. The number of nitrogens with two attached hydrogens (primary N) is 1. The molecule has 2 aromatic heterocycles. The smallest absolute Gasteiger partial charge is 0.193 e. The number of anilines is 3. The van der Waals surface area contributed by atoms with Gasteiger partial charge in [-0.25, -0.2) is 4.98 Å². The molecule has 2 heterocycles. The zero-order valence-electron chi connectivity index (χ0n) is 14.7. The van der Waals surface area contributed by atoms with Crippen LogP contribution in [-0.4, -0.2) is 10.1 Å². The number of para-hydroxylation sites is 1. The predicted molar refractivity (Wildman–Crippen MR) is 109 cm³/mol. The van der Waals surface area contributed by atoms with Crippen LogP contribution in [0.25, 0.3) is 21.6 Å². The molecule has 0 saturated heterocycles. The normalized spacial score (nSPS) is 11.0. The number of phenols is 1. The highest BCUT2D eigenvalue weighted by molar-refractivity contribution is 7.19. The lowest BCUT2D eigenvalue weighted by Crippen LogP contribution is -2.00. The van der Waals surface area contributed by atoms with Gasteiger partial charge in [0.05, 0.1) is 5.39 Å². The number of fused-ring (bicyclic) bond motifs is 1. The third-order valence-corrected chi connectivity index (χ3v) is 5.30. The van der Waals surface area contributed by atoms with Gasteiger partial charge >= 0.3 is 0 Å². The summed E-state index contributed by atoms with van der Waals surface area (Å²) >= 11 is 1.30. The Labute approximate surface area is 158 Å². The molecular formula is C20H17N3O3S. The van der Waals surface area contributed by atoms with Gasteiger partial charge in [0.1, 0.15) is 22.0 Å². The molecule has 0 saturated carbocycles. The maximum atomic E-state index is 12.4. The molecule has 0 aliphatic carbocycles. The van der Waals surface area contributed by atoms with Gasteiger partial charge in [0, 0.05) is 17.8 Å². The van der Waals surface area contributed by atoms with E-state index >= 15 is 0 Å². The van der Waals surface area contributed by atoms with Crippen molar-refractivity contribution in [1.29, 1.82) is 0 Å². The SMILES string of the molecule is Cc1cccc(C)c1Nc1nc(N)c(-c2cc(=O)c3ccc(O)cc3o2)s1. The predicted octanol–water partition coefficient (Wildman–Crippen LogP) is 4.56. The van der Waals surface area contributed by atoms with Gasteiger partial charge in [-0.3, -0.25) is 4.79 Å². The van der Waals surface area contributed by atoms with Crippen LogP contribution in [-0.2, 0) is 0 Å². The molecule has 0 atom stereocenters. The first-order valence-corrected chi connectivity index (χ1v) is 9.11. The molecule has 0 amide bonds. The third kappa shape index (κ3) is 3.13. The topological polar surface area (TPSA) is 101 Å². The molecular weight excluding hydrogens is 362 g/mol. The van der Waals surface area contributed by atoms with Crippen molar-refractivity contribution in [3.05, 3.63) is 63.8 Å². The Kier molecular flexibility index (Phi) is 4.08. The van der Waals surface area contributed by atoms with Gasteiger partial charge in [0.25, 0.3) is 0 Å². The monoisotopic (exact) mass is 379 g/mol. The molecule has 0 aliphatic rings. The van der Waals surface area contributed by atoms with Crippen LogP contribution in [0.5, 0.6) is 5.75 Å². The Balaban J connectivity index is 1.78. The van der Waals surface area contributed by atoms with Crippen LogP contribution < -0.4 is 16.5 Å². The van der Waals surface area contributed by atoms with Gasteiger partial charge in [-0.1, -0.05) is 29.5 Å².